The SMILES string of the molecule is COCCNC(=O)c1ccc(CN2C(=O)COc3cc(C)ccc32)o1. The molecule has 0 fully saturated rings. The molecule has 0 spiro atoms. The van der Waals surface area contributed by atoms with Gasteiger partial charge in [-0.2, -0.15) is 0 Å². The van der Waals surface area contributed by atoms with E-state index in [-0.39, 0.29) is 30.7 Å². The molecule has 1 aromatic heterocycles. The molecule has 0 atom stereocenters. The van der Waals surface area contributed by atoms with Gasteiger partial charge in [-0.05, 0) is 36.8 Å². The topological polar surface area (TPSA) is 81.0 Å². The highest BCUT2D eigenvalue weighted by molar-refractivity contribution is 5.97. The van der Waals surface area contributed by atoms with E-state index in [1.165, 1.54) is 0 Å². The molecular formula is C18H20N2O5. The summed E-state index contributed by atoms with van der Waals surface area (Å²) in [5, 5.41) is 2.69. The van der Waals surface area contributed by atoms with E-state index < -0.39 is 0 Å². The summed E-state index contributed by atoms with van der Waals surface area (Å²) in [5.41, 5.74) is 1.76. The zero-order chi connectivity index (χ0) is 17.8. The van der Waals surface area contributed by atoms with Crippen molar-refractivity contribution in [2.45, 2.75) is 13.5 Å². The van der Waals surface area contributed by atoms with Crippen molar-refractivity contribution in [3.63, 3.8) is 0 Å². The second-order valence-electron chi connectivity index (χ2n) is 5.75. The average molecular weight is 344 g/mol. The third-order valence-electron chi connectivity index (χ3n) is 3.85. The quantitative estimate of drug-likeness (QED) is 0.810. The van der Waals surface area contributed by atoms with Crippen LogP contribution in [0.3, 0.4) is 0 Å². The molecule has 0 saturated carbocycles. The standard InChI is InChI=1S/C18H20N2O5/c1-12-3-5-14-16(9-12)24-11-17(21)20(14)10-13-4-6-15(25-13)18(22)19-7-8-23-2/h3-6,9H,7-8,10-11H2,1-2H3,(H,19,22). The fraction of sp³-hybridized carbons (Fsp3) is 0.333. The van der Waals surface area contributed by atoms with Crippen LogP contribution in [0.5, 0.6) is 5.75 Å². The molecule has 1 N–H and O–H groups in total. The van der Waals surface area contributed by atoms with Crippen molar-refractivity contribution in [2.24, 2.45) is 0 Å². The lowest BCUT2D eigenvalue weighted by molar-refractivity contribution is -0.121. The van der Waals surface area contributed by atoms with Gasteiger partial charge in [-0.15, -0.1) is 0 Å². The highest BCUT2D eigenvalue weighted by Gasteiger charge is 2.26. The van der Waals surface area contributed by atoms with Gasteiger partial charge in [-0.25, -0.2) is 0 Å². The van der Waals surface area contributed by atoms with Crippen LogP contribution in [0.15, 0.2) is 34.7 Å². The number of hydrogen-bond acceptors (Lipinski definition) is 5. The number of fused-ring (bicyclic) bond motifs is 1. The van der Waals surface area contributed by atoms with Gasteiger partial charge in [-0.3, -0.25) is 14.5 Å². The summed E-state index contributed by atoms with van der Waals surface area (Å²) in [6, 6.07) is 8.96. The van der Waals surface area contributed by atoms with Gasteiger partial charge in [0.05, 0.1) is 18.8 Å². The number of furan rings is 1. The average Bonchev–Trinajstić information content (AvgIpc) is 3.06. The first-order chi connectivity index (χ1) is 12.1. The number of anilines is 1. The highest BCUT2D eigenvalue weighted by atomic mass is 16.5. The van der Waals surface area contributed by atoms with E-state index in [0.29, 0.717) is 30.3 Å². The lowest BCUT2D eigenvalue weighted by atomic mass is 10.1. The molecule has 0 unspecified atom stereocenters. The third kappa shape index (κ3) is 3.83. The number of nitrogens with one attached hydrogen (secondary N) is 1. The number of carbonyl (C=O) groups is 2. The minimum absolute atomic E-state index is 0.0124. The van der Waals surface area contributed by atoms with Crippen LogP contribution >= 0.6 is 0 Å². The maximum Gasteiger partial charge on any atom is 0.287 e. The molecule has 1 aromatic carbocycles. The molecule has 25 heavy (non-hydrogen) atoms. The van der Waals surface area contributed by atoms with Crippen LogP contribution in [0.1, 0.15) is 21.9 Å². The van der Waals surface area contributed by atoms with Crippen LogP contribution in [0, 0.1) is 6.92 Å². The second kappa shape index (κ2) is 7.40. The van der Waals surface area contributed by atoms with Crippen molar-refractivity contribution in [1.82, 2.24) is 5.32 Å². The van der Waals surface area contributed by atoms with Crippen LogP contribution in [0.2, 0.25) is 0 Å². The van der Waals surface area contributed by atoms with E-state index >= 15 is 0 Å². The van der Waals surface area contributed by atoms with Crippen molar-refractivity contribution in [3.8, 4) is 5.75 Å². The largest absolute Gasteiger partial charge is 0.482 e. The lowest BCUT2D eigenvalue weighted by Crippen LogP contribution is -2.38. The molecule has 2 aromatic rings. The molecule has 2 amide bonds. The van der Waals surface area contributed by atoms with Crippen LogP contribution in [-0.2, 0) is 16.1 Å². The second-order valence-corrected chi connectivity index (χ2v) is 5.75. The zero-order valence-electron chi connectivity index (χ0n) is 14.2. The Kier molecular flexibility index (Phi) is 5.04. The molecule has 3 rings (SSSR count). The maximum absolute atomic E-state index is 12.2. The molecule has 0 radical (unpaired) electrons. The minimum atomic E-state index is -0.312. The van der Waals surface area contributed by atoms with Crippen molar-refractivity contribution in [2.75, 3.05) is 31.8 Å². The van der Waals surface area contributed by atoms with Crippen molar-refractivity contribution >= 4 is 17.5 Å². The smallest absolute Gasteiger partial charge is 0.287 e. The van der Waals surface area contributed by atoms with Crippen molar-refractivity contribution in [1.29, 1.82) is 0 Å². The van der Waals surface area contributed by atoms with Gasteiger partial charge in [0.1, 0.15) is 11.5 Å². The Morgan fingerprint density at radius 2 is 2.16 bits per heavy atom. The number of amides is 2. The predicted molar refractivity (Wildman–Crippen MR) is 90.8 cm³/mol. The van der Waals surface area contributed by atoms with Crippen LogP contribution < -0.4 is 15.0 Å². The summed E-state index contributed by atoms with van der Waals surface area (Å²) in [7, 11) is 1.57. The normalized spacial score (nSPS) is 13.4. The van der Waals surface area contributed by atoms with Crippen molar-refractivity contribution in [3.05, 3.63) is 47.4 Å². The van der Waals surface area contributed by atoms with Gasteiger partial charge in [0, 0.05) is 13.7 Å². The molecular weight excluding hydrogens is 324 g/mol. The van der Waals surface area contributed by atoms with Gasteiger partial charge in [-0.1, -0.05) is 6.07 Å². The first kappa shape index (κ1) is 17.0. The van der Waals surface area contributed by atoms with E-state index in [1.54, 1.807) is 24.1 Å². The molecule has 0 saturated heterocycles. The Morgan fingerprint density at radius 1 is 1.32 bits per heavy atom. The van der Waals surface area contributed by atoms with E-state index in [1.807, 2.05) is 25.1 Å². The minimum Gasteiger partial charge on any atom is -0.482 e. The fourth-order valence-corrected chi connectivity index (χ4v) is 2.58. The molecule has 0 bridgehead atoms. The van der Waals surface area contributed by atoms with Gasteiger partial charge in [0.2, 0.25) is 0 Å². The number of hydrogen-bond donors (Lipinski definition) is 1. The van der Waals surface area contributed by atoms with E-state index in [9.17, 15) is 9.59 Å². The number of ether oxygens (including phenoxy) is 2. The third-order valence-corrected chi connectivity index (χ3v) is 3.85. The number of nitrogens with zero attached hydrogens (tertiary/aromatic N) is 1. The maximum atomic E-state index is 12.2. The predicted octanol–water partition coefficient (Wildman–Crippen LogP) is 1.89. The van der Waals surface area contributed by atoms with E-state index in [0.717, 1.165) is 5.56 Å². The molecule has 7 nitrogen and oxygen atoms in total. The van der Waals surface area contributed by atoms with E-state index in [4.69, 9.17) is 13.9 Å². The fourth-order valence-electron chi connectivity index (χ4n) is 2.58. The molecule has 132 valence electrons. The Morgan fingerprint density at radius 3 is 2.96 bits per heavy atom. The van der Waals surface area contributed by atoms with Crippen LogP contribution in [-0.4, -0.2) is 38.7 Å². The first-order valence-electron chi connectivity index (χ1n) is 7.98. The number of benzene rings is 1. The number of aryl methyl sites for hydroxylation is 1. The van der Waals surface area contributed by atoms with Gasteiger partial charge >= 0.3 is 0 Å². The molecule has 2 heterocycles. The van der Waals surface area contributed by atoms with Crippen molar-refractivity contribution < 1.29 is 23.5 Å². The number of carbonyl (C=O) groups excluding carboxylic acids is 2. The summed E-state index contributed by atoms with van der Waals surface area (Å²) in [6.45, 7) is 3.02. The summed E-state index contributed by atoms with van der Waals surface area (Å²) in [4.78, 5) is 25.8. The molecule has 1 aliphatic rings. The zero-order valence-corrected chi connectivity index (χ0v) is 14.2. The Labute approximate surface area is 145 Å². The van der Waals surface area contributed by atoms with Gasteiger partial charge in [0.25, 0.3) is 11.8 Å². The number of methoxy groups -OCH3 is 1. The highest BCUT2D eigenvalue weighted by Crippen LogP contribution is 2.33. The summed E-state index contributed by atoms with van der Waals surface area (Å²) in [5.74, 6) is 0.935. The number of rotatable bonds is 6. The Bertz CT molecular complexity index is 784. The Balaban J connectivity index is 1.73. The first-order valence-corrected chi connectivity index (χ1v) is 7.98. The molecule has 7 heteroatoms. The summed E-state index contributed by atoms with van der Waals surface area (Å²) >= 11 is 0. The lowest BCUT2D eigenvalue weighted by Gasteiger charge is -2.28. The molecule has 1 aliphatic heterocycles. The van der Waals surface area contributed by atoms with Crippen LogP contribution in [0.4, 0.5) is 5.69 Å². The van der Waals surface area contributed by atoms with Crippen LogP contribution in [0.25, 0.3) is 0 Å². The monoisotopic (exact) mass is 344 g/mol. The van der Waals surface area contributed by atoms with Gasteiger partial charge < -0.3 is 19.2 Å². The molecule has 0 aliphatic carbocycles. The van der Waals surface area contributed by atoms with Gasteiger partial charge in [0.15, 0.2) is 12.4 Å². The summed E-state index contributed by atoms with van der Waals surface area (Å²) < 4.78 is 15.9. The Hall–Kier alpha value is -2.80. The van der Waals surface area contributed by atoms with E-state index in [2.05, 4.69) is 5.32 Å². The summed E-state index contributed by atoms with van der Waals surface area (Å²) in [6.07, 6.45) is 0.